The van der Waals surface area contributed by atoms with Crippen LogP contribution in [0.3, 0.4) is 0 Å². The van der Waals surface area contributed by atoms with E-state index in [0.717, 1.165) is 12.6 Å². The Hall–Kier alpha value is -0.380. The number of piperidine rings is 1. The zero-order valence-corrected chi connectivity index (χ0v) is 11.3. The molecule has 1 unspecified atom stereocenters. The summed E-state index contributed by atoms with van der Waals surface area (Å²) in [6.45, 7) is 6.40. The standard InChI is InChI=1S/C14H22N2S/c1-2-7-16-8-3-6-15(11-14(16)4-1)10-13-5-9-17-12-13/h5,9,12,14H,1-4,6-8,10-11H2. The number of hydrogen-bond acceptors (Lipinski definition) is 3. The van der Waals surface area contributed by atoms with Crippen LogP contribution in [-0.4, -0.2) is 42.0 Å². The van der Waals surface area contributed by atoms with E-state index in [1.807, 2.05) is 11.3 Å². The van der Waals surface area contributed by atoms with Crippen molar-refractivity contribution >= 4 is 11.3 Å². The van der Waals surface area contributed by atoms with Crippen molar-refractivity contribution in [1.29, 1.82) is 0 Å². The zero-order chi connectivity index (χ0) is 11.5. The number of thiophene rings is 1. The van der Waals surface area contributed by atoms with Crippen molar-refractivity contribution in [3.63, 3.8) is 0 Å². The molecule has 0 aliphatic carbocycles. The molecule has 3 rings (SSSR count). The first-order valence-electron chi connectivity index (χ1n) is 6.89. The van der Waals surface area contributed by atoms with Crippen molar-refractivity contribution in [3.8, 4) is 0 Å². The molecular weight excluding hydrogens is 228 g/mol. The molecule has 2 aliphatic heterocycles. The molecule has 94 valence electrons. The molecular formula is C14H22N2S. The van der Waals surface area contributed by atoms with E-state index < -0.39 is 0 Å². The summed E-state index contributed by atoms with van der Waals surface area (Å²) >= 11 is 1.82. The Morgan fingerprint density at radius 1 is 1.18 bits per heavy atom. The highest BCUT2D eigenvalue weighted by Gasteiger charge is 2.26. The maximum absolute atomic E-state index is 2.73. The van der Waals surface area contributed by atoms with E-state index in [-0.39, 0.29) is 0 Å². The van der Waals surface area contributed by atoms with Gasteiger partial charge in [0.1, 0.15) is 0 Å². The van der Waals surface area contributed by atoms with E-state index in [4.69, 9.17) is 0 Å². The summed E-state index contributed by atoms with van der Waals surface area (Å²) in [5.74, 6) is 0. The molecule has 3 heterocycles. The van der Waals surface area contributed by atoms with Crippen molar-refractivity contribution in [3.05, 3.63) is 22.4 Å². The Balaban J connectivity index is 1.62. The minimum absolute atomic E-state index is 0.838. The molecule has 2 saturated heterocycles. The predicted molar refractivity (Wildman–Crippen MR) is 73.4 cm³/mol. The first kappa shape index (κ1) is 11.7. The maximum Gasteiger partial charge on any atom is 0.0242 e. The molecule has 2 fully saturated rings. The lowest BCUT2D eigenvalue weighted by Crippen LogP contribution is -2.43. The first-order chi connectivity index (χ1) is 8.42. The van der Waals surface area contributed by atoms with E-state index in [2.05, 4.69) is 26.6 Å². The van der Waals surface area contributed by atoms with Crippen molar-refractivity contribution in [1.82, 2.24) is 9.80 Å². The van der Waals surface area contributed by atoms with Gasteiger partial charge in [-0.25, -0.2) is 0 Å². The smallest absolute Gasteiger partial charge is 0.0242 e. The second kappa shape index (κ2) is 5.51. The van der Waals surface area contributed by atoms with Crippen LogP contribution in [-0.2, 0) is 6.54 Å². The number of hydrogen-bond donors (Lipinski definition) is 0. The molecule has 0 radical (unpaired) electrons. The molecule has 0 spiro atoms. The van der Waals surface area contributed by atoms with Crippen molar-refractivity contribution < 1.29 is 0 Å². The van der Waals surface area contributed by atoms with Gasteiger partial charge in [-0.1, -0.05) is 6.42 Å². The lowest BCUT2D eigenvalue weighted by molar-refractivity contribution is 0.135. The molecule has 3 heteroatoms. The highest BCUT2D eigenvalue weighted by Crippen LogP contribution is 2.22. The molecule has 0 bridgehead atoms. The minimum atomic E-state index is 0.838. The second-order valence-electron chi connectivity index (χ2n) is 5.41. The summed E-state index contributed by atoms with van der Waals surface area (Å²) in [7, 11) is 0. The van der Waals surface area contributed by atoms with Crippen LogP contribution in [0.25, 0.3) is 0 Å². The summed E-state index contributed by atoms with van der Waals surface area (Å²) in [6, 6.07) is 3.11. The van der Waals surface area contributed by atoms with Crippen LogP contribution in [0.4, 0.5) is 0 Å². The highest BCUT2D eigenvalue weighted by atomic mass is 32.1. The van der Waals surface area contributed by atoms with Gasteiger partial charge < -0.3 is 0 Å². The molecule has 1 atom stereocenters. The van der Waals surface area contributed by atoms with Crippen molar-refractivity contribution in [2.45, 2.75) is 38.3 Å². The van der Waals surface area contributed by atoms with Crippen LogP contribution in [0.5, 0.6) is 0 Å². The molecule has 2 nitrogen and oxygen atoms in total. The Labute approximate surface area is 108 Å². The Bertz CT molecular complexity index is 336. The van der Waals surface area contributed by atoms with E-state index >= 15 is 0 Å². The maximum atomic E-state index is 2.73. The molecule has 1 aromatic rings. The normalized spacial score (nSPS) is 27.6. The van der Waals surface area contributed by atoms with Gasteiger partial charge >= 0.3 is 0 Å². The lowest BCUT2D eigenvalue weighted by atomic mass is 10.0. The third-order valence-corrected chi connectivity index (χ3v) is 4.86. The van der Waals surface area contributed by atoms with Crippen LogP contribution < -0.4 is 0 Å². The predicted octanol–water partition coefficient (Wildman–Crippen LogP) is 2.81. The van der Waals surface area contributed by atoms with Crippen LogP contribution in [0, 0.1) is 0 Å². The van der Waals surface area contributed by atoms with Crippen LogP contribution in [0.2, 0.25) is 0 Å². The number of nitrogens with zero attached hydrogens (tertiary/aromatic N) is 2. The monoisotopic (exact) mass is 250 g/mol. The van der Waals surface area contributed by atoms with E-state index in [1.165, 1.54) is 57.4 Å². The average molecular weight is 250 g/mol. The third kappa shape index (κ3) is 2.90. The van der Waals surface area contributed by atoms with Crippen molar-refractivity contribution in [2.75, 3.05) is 26.2 Å². The van der Waals surface area contributed by atoms with Crippen molar-refractivity contribution in [2.24, 2.45) is 0 Å². The molecule has 0 saturated carbocycles. The second-order valence-corrected chi connectivity index (χ2v) is 6.19. The van der Waals surface area contributed by atoms with Gasteiger partial charge in [0.25, 0.3) is 0 Å². The van der Waals surface area contributed by atoms with Gasteiger partial charge in [-0.3, -0.25) is 9.80 Å². The van der Waals surface area contributed by atoms with Crippen LogP contribution in [0.1, 0.15) is 31.2 Å². The highest BCUT2D eigenvalue weighted by molar-refractivity contribution is 7.07. The van der Waals surface area contributed by atoms with Gasteiger partial charge in [0, 0.05) is 19.1 Å². The molecule has 2 aliphatic rings. The molecule has 17 heavy (non-hydrogen) atoms. The summed E-state index contributed by atoms with van der Waals surface area (Å²) in [4.78, 5) is 5.40. The Morgan fingerprint density at radius 2 is 2.12 bits per heavy atom. The van der Waals surface area contributed by atoms with Gasteiger partial charge in [0.05, 0.1) is 0 Å². The topological polar surface area (TPSA) is 6.48 Å². The Kier molecular flexibility index (Phi) is 3.79. The number of rotatable bonds is 2. The quantitative estimate of drug-likeness (QED) is 0.796. The average Bonchev–Trinajstić information content (AvgIpc) is 2.76. The van der Waals surface area contributed by atoms with Gasteiger partial charge in [-0.2, -0.15) is 11.3 Å². The van der Waals surface area contributed by atoms with Gasteiger partial charge in [0.15, 0.2) is 0 Å². The van der Waals surface area contributed by atoms with E-state index in [1.54, 1.807) is 0 Å². The van der Waals surface area contributed by atoms with E-state index in [0.29, 0.717) is 0 Å². The van der Waals surface area contributed by atoms with E-state index in [9.17, 15) is 0 Å². The summed E-state index contributed by atoms with van der Waals surface area (Å²) in [5, 5.41) is 4.49. The fraction of sp³-hybridized carbons (Fsp3) is 0.714. The fourth-order valence-corrected chi connectivity index (χ4v) is 3.89. The zero-order valence-electron chi connectivity index (χ0n) is 10.5. The fourth-order valence-electron chi connectivity index (χ4n) is 3.23. The van der Waals surface area contributed by atoms with Gasteiger partial charge in [0.2, 0.25) is 0 Å². The molecule has 0 aromatic carbocycles. The Morgan fingerprint density at radius 3 is 3.00 bits per heavy atom. The first-order valence-corrected chi connectivity index (χ1v) is 7.83. The van der Waals surface area contributed by atoms with Crippen LogP contribution >= 0.6 is 11.3 Å². The van der Waals surface area contributed by atoms with Crippen LogP contribution in [0.15, 0.2) is 16.8 Å². The molecule has 0 amide bonds. The SMILES string of the molecule is c1cc(CN2CCCN3CCCCC3C2)cs1. The lowest BCUT2D eigenvalue weighted by Gasteiger charge is -2.35. The number of fused-ring (bicyclic) bond motifs is 1. The van der Waals surface area contributed by atoms with Gasteiger partial charge in [-0.15, -0.1) is 0 Å². The molecule has 1 aromatic heterocycles. The third-order valence-electron chi connectivity index (χ3n) is 4.12. The molecule has 0 N–H and O–H groups in total. The summed E-state index contributed by atoms with van der Waals surface area (Å²) in [5.41, 5.74) is 1.50. The summed E-state index contributed by atoms with van der Waals surface area (Å²) < 4.78 is 0. The summed E-state index contributed by atoms with van der Waals surface area (Å²) in [6.07, 6.45) is 5.62. The largest absolute Gasteiger partial charge is 0.299 e. The van der Waals surface area contributed by atoms with Gasteiger partial charge in [-0.05, 0) is 61.3 Å². The minimum Gasteiger partial charge on any atom is -0.299 e.